The highest BCUT2D eigenvalue weighted by atomic mass is 32.2. The summed E-state index contributed by atoms with van der Waals surface area (Å²) in [6.07, 6.45) is 1.56. The lowest BCUT2D eigenvalue weighted by molar-refractivity contribution is -0.384. The number of benzene rings is 2. The fourth-order valence-corrected chi connectivity index (χ4v) is 3.83. The summed E-state index contributed by atoms with van der Waals surface area (Å²) >= 11 is 1.15. The minimum absolute atomic E-state index is 0.0584. The van der Waals surface area contributed by atoms with Crippen molar-refractivity contribution in [2.24, 2.45) is 4.99 Å². The van der Waals surface area contributed by atoms with Crippen molar-refractivity contribution in [3.05, 3.63) is 75.4 Å². The average Bonchev–Trinajstić information content (AvgIpc) is 3.40. The first-order chi connectivity index (χ1) is 15.5. The van der Waals surface area contributed by atoms with E-state index in [2.05, 4.69) is 10.3 Å². The summed E-state index contributed by atoms with van der Waals surface area (Å²) < 4.78 is 16.2. The number of nitrogens with zero attached hydrogens (tertiary/aromatic N) is 2. The van der Waals surface area contributed by atoms with E-state index in [4.69, 9.17) is 13.9 Å². The Morgan fingerprint density at radius 1 is 1.12 bits per heavy atom. The highest BCUT2D eigenvalue weighted by Gasteiger charge is 2.25. The van der Waals surface area contributed by atoms with Crippen LogP contribution in [-0.4, -0.2) is 30.2 Å². The van der Waals surface area contributed by atoms with Gasteiger partial charge in [0.05, 0.1) is 29.6 Å². The van der Waals surface area contributed by atoms with E-state index in [0.29, 0.717) is 44.3 Å². The number of hydrogen-bond acceptors (Lipinski definition) is 8. The van der Waals surface area contributed by atoms with Crippen LogP contribution in [0, 0.1) is 10.1 Å². The molecule has 4 rings (SSSR count). The predicted molar refractivity (Wildman–Crippen MR) is 121 cm³/mol. The number of methoxy groups -OCH3 is 2. The quantitative estimate of drug-likeness (QED) is 0.326. The lowest BCUT2D eigenvalue weighted by atomic mass is 10.1. The molecule has 1 amide bonds. The Morgan fingerprint density at radius 2 is 1.94 bits per heavy atom. The lowest BCUT2D eigenvalue weighted by Gasteiger charge is -2.07. The molecule has 3 aromatic rings. The number of hydrogen-bond donors (Lipinski definition) is 1. The fourth-order valence-electron chi connectivity index (χ4n) is 3.01. The van der Waals surface area contributed by atoms with Crippen molar-refractivity contribution in [1.82, 2.24) is 5.32 Å². The molecule has 1 N–H and O–H groups in total. The molecule has 0 aliphatic carbocycles. The number of nitro benzene ring substituents is 1. The second kappa shape index (κ2) is 8.98. The molecular formula is C22H17N3O6S. The van der Waals surface area contributed by atoms with Gasteiger partial charge < -0.3 is 19.2 Å². The van der Waals surface area contributed by atoms with Gasteiger partial charge in [-0.2, -0.15) is 0 Å². The molecule has 1 aromatic heterocycles. The molecule has 2 heterocycles. The van der Waals surface area contributed by atoms with E-state index in [0.717, 1.165) is 11.8 Å². The molecule has 0 saturated carbocycles. The number of carbonyl (C=O) groups excluding carboxylic acids is 1. The van der Waals surface area contributed by atoms with Crippen molar-refractivity contribution in [3.63, 3.8) is 0 Å². The van der Waals surface area contributed by atoms with Crippen LogP contribution < -0.4 is 14.8 Å². The molecule has 0 bridgehead atoms. The number of ether oxygens (including phenoxy) is 2. The Bertz CT molecular complexity index is 1260. The van der Waals surface area contributed by atoms with Crippen LogP contribution in [0.2, 0.25) is 0 Å². The van der Waals surface area contributed by atoms with Crippen molar-refractivity contribution in [2.75, 3.05) is 14.2 Å². The van der Waals surface area contributed by atoms with Crippen molar-refractivity contribution in [3.8, 4) is 22.8 Å². The summed E-state index contributed by atoms with van der Waals surface area (Å²) in [5, 5.41) is 14.3. The number of nitro groups is 1. The lowest BCUT2D eigenvalue weighted by Crippen LogP contribution is -2.19. The third kappa shape index (κ3) is 4.35. The number of aliphatic imine (C=N–C) groups is 1. The van der Waals surface area contributed by atoms with E-state index in [1.807, 2.05) is 0 Å². The summed E-state index contributed by atoms with van der Waals surface area (Å²) in [7, 11) is 3.08. The molecule has 10 heteroatoms. The van der Waals surface area contributed by atoms with Crippen molar-refractivity contribution in [2.45, 2.75) is 0 Å². The van der Waals surface area contributed by atoms with Gasteiger partial charge >= 0.3 is 0 Å². The number of thioether (sulfide) groups is 1. The molecule has 1 aliphatic heterocycles. The van der Waals surface area contributed by atoms with Crippen LogP contribution in [0.4, 0.5) is 11.4 Å². The van der Waals surface area contributed by atoms with Gasteiger partial charge in [-0.1, -0.05) is 12.1 Å². The third-order valence-electron chi connectivity index (χ3n) is 4.53. The largest absolute Gasteiger partial charge is 0.497 e. The number of amides is 1. The SMILES string of the molecule is COc1ccc(N=C2NC(=O)/C(=C\c3ccc(-c4ccccc4[N+](=O)[O-])o3)S2)c(OC)c1. The average molecular weight is 451 g/mol. The van der Waals surface area contributed by atoms with Crippen LogP contribution >= 0.6 is 11.8 Å². The van der Waals surface area contributed by atoms with Gasteiger partial charge in [-0.25, -0.2) is 4.99 Å². The van der Waals surface area contributed by atoms with Crippen molar-refractivity contribution < 1.29 is 23.6 Å². The molecular weight excluding hydrogens is 434 g/mol. The van der Waals surface area contributed by atoms with Gasteiger partial charge in [0.15, 0.2) is 5.17 Å². The number of rotatable bonds is 6. The van der Waals surface area contributed by atoms with Crippen LogP contribution in [0.5, 0.6) is 11.5 Å². The Kier molecular flexibility index (Phi) is 5.95. The Morgan fingerprint density at radius 3 is 2.69 bits per heavy atom. The topological polar surface area (TPSA) is 116 Å². The molecule has 1 saturated heterocycles. The summed E-state index contributed by atoms with van der Waals surface area (Å²) in [6, 6.07) is 14.7. The number of nitrogens with one attached hydrogen (secondary N) is 1. The van der Waals surface area contributed by atoms with E-state index in [9.17, 15) is 14.9 Å². The van der Waals surface area contributed by atoms with Gasteiger partial charge in [0.25, 0.3) is 11.6 Å². The molecule has 0 unspecified atom stereocenters. The Labute approximate surface area is 186 Å². The number of furan rings is 1. The van der Waals surface area contributed by atoms with Gasteiger partial charge in [0, 0.05) is 18.2 Å². The van der Waals surface area contributed by atoms with E-state index < -0.39 is 4.92 Å². The third-order valence-corrected chi connectivity index (χ3v) is 5.44. The van der Waals surface area contributed by atoms with Crippen molar-refractivity contribution in [1.29, 1.82) is 0 Å². The summed E-state index contributed by atoms with van der Waals surface area (Å²) in [6.45, 7) is 0. The van der Waals surface area contributed by atoms with E-state index >= 15 is 0 Å². The zero-order valence-electron chi connectivity index (χ0n) is 17.0. The Balaban J connectivity index is 1.58. The summed E-state index contributed by atoms with van der Waals surface area (Å²) in [5.41, 5.74) is 0.838. The normalized spacial score (nSPS) is 15.8. The fraction of sp³-hybridized carbons (Fsp3) is 0.0909. The first-order valence-electron chi connectivity index (χ1n) is 9.33. The molecule has 9 nitrogen and oxygen atoms in total. The summed E-state index contributed by atoms with van der Waals surface area (Å²) in [4.78, 5) is 28.0. The molecule has 32 heavy (non-hydrogen) atoms. The molecule has 162 valence electrons. The van der Waals surface area contributed by atoms with Crippen LogP contribution in [0.1, 0.15) is 5.76 Å². The maximum Gasteiger partial charge on any atom is 0.280 e. The molecule has 1 aliphatic rings. The van der Waals surface area contributed by atoms with Gasteiger partial charge in [0.1, 0.15) is 28.7 Å². The first kappa shape index (κ1) is 21.2. The van der Waals surface area contributed by atoms with Gasteiger partial charge in [0.2, 0.25) is 0 Å². The van der Waals surface area contributed by atoms with Gasteiger partial charge in [-0.15, -0.1) is 0 Å². The van der Waals surface area contributed by atoms with Crippen LogP contribution in [-0.2, 0) is 4.79 Å². The second-order valence-corrected chi connectivity index (χ2v) is 7.53. The van der Waals surface area contributed by atoms with Crippen LogP contribution in [0.15, 0.2) is 68.9 Å². The van der Waals surface area contributed by atoms with Crippen LogP contribution in [0.25, 0.3) is 17.4 Å². The highest BCUT2D eigenvalue weighted by molar-refractivity contribution is 8.18. The molecule has 1 fully saturated rings. The standard InChI is InChI=1S/C22H17N3O6S/c1-29-13-7-9-16(19(11-13)30-2)23-22-24-21(26)20(32-22)12-14-8-10-18(31-14)15-5-3-4-6-17(15)25(27)28/h3-12H,1-2H3,(H,23,24,26)/b20-12+. The number of amidine groups is 1. The molecule has 0 radical (unpaired) electrons. The first-order valence-corrected chi connectivity index (χ1v) is 10.2. The minimum atomic E-state index is -0.466. The maximum absolute atomic E-state index is 12.4. The Hall–Kier alpha value is -4.05. The van der Waals surface area contributed by atoms with E-state index in [1.54, 1.807) is 61.7 Å². The summed E-state index contributed by atoms with van der Waals surface area (Å²) in [5.74, 6) is 1.53. The van der Waals surface area contributed by atoms with Crippen LogP contribution in [0.3, 0.4) is 0 Å². The number of para-hydroxylation sites is 1. The zero-order chi connectivity index (χ0) is 22.7. The highest BCUT2D eigenvalue weighted by Crippen LogP contribution is 2.36. The molecule has 2 aromatic carbocycles. The van der Waals surface area contributed by atoms with Crippen molar-refractivity contribution >= 4 is 40.3 Å². The maximum atomic E-state index is 12.4. The van der Waals surface area contributed by atoms with Gasteiger partial charge in [-0.05, 0) is 42.1 Å². The predicted octanol–water partition coefficient (Wildman–Crippen LogP) is 4.76. The van der Waals surface area contributed by atoms with E-state index in [1.165, 1.54) is 13.2 Å². The smallest absolute Gasteiger partial charge is 0.280 e. The minimum Gasteiger partial charge on any atom is -0.497 e. The number of carbonyl (C=O) groups is 1. The molecule has 0 atom stereocenters. The monoisotopic (exact) mass is 451 g/mol. The van der Waals surface area contributed by atoms with Gasteiger partial charge in [-0.3, -0.25) is 14.9 Å². The molecule has 0 spiro atoms. The second-order valence-electron chi connectivity index (χ2n) is 6.50. The zero-order valence-corrected chi connectivity index (χ0v) is 17.8. The van der Waals surface area contributed by atoms with E-state index in [-0.39, 0.29) is 11.6 Å².